The van der Waals surface area contributed by atoms with Crippen molar-refractivity contribution in [1.82, 2.24) is 10.3 Å². The predicted molar refractivity (Wildman–Crippen MR) is 96.8 cm³/mol. The third kappa shape index (κ3) is 4.21. The molecule has 3 rings (SSSR count). The van der Waals surface area contributed by atoms with Gasteiger partial charge in [0.2, 0.25) is 0 Å². The number of carbonyl (C=O) groups excluding carboxylic acids is 1. The predicted octanol–water partition coefficient (Wildman–Crippen LogP) is 3.51. The Labute approximate surface area is 147 Å². The van der Waals surface area contributed by atoms with Gasteiger partial charge in [-0.05, 0) is 37.1 Å². The minimum absolute atomic E-state index is 0.107. The number of nitrogens with zero attached hydrogens (tertiary/aromatic N) is 1. The maximum Gasteiger partial charge on any atom is 0.270 e. The van der Waals surface area contributed by atoms with Gasteiger partial charge in [0.05, 0.1) is 26.1 Å². The highest BCUT2D eigenvalue weighted by atomic mass is 16.5. The van der Waals surface area contributed by atoms with Crippen molar-refractivity contribution >= 4 is 17.3 Å². The van der Waals surface area contributed by atoms with Crippen molar-refractivity contribution in [3.05, 3.63) is 42.2 Å². The van der Waals surface area contributed by atoms with Gasteiger partial charge in [-0.15, -0.1) is 0 Å². The van der Waals surface area contributed by atoms with Crippen LogP contribution < -0.4 is 20.1 Å². The van der Waals surface area contributed by atoms with E-state index in [1.54, 1.807) is 26.5 Å². The second-order valence-electron chi connectivity index (χ2n) is 6.08. The first-order chi connectivity index (χ1) is 12.2. The maximum absolute atomic E-state index is 12.2. The molecule has 132 valence electrons. The lowest BCUT2D eigenvalue weighted by Gasteiger charge is -2.13. The number of methoxy groups -OCH3 is 2. The normalized spacial score (nSPS) is 14.2. The number of rotatable bonds is 6. The molecule has 1 amide bonds. The number of benzene rings is 1. The summed E-state index contributed by atoms with van der Waals surface area (Å²) in [7, 11) is 3.20. The van der Waals surface area contributed by atoms with Gasteiger partial charge in [-0.3, -0.25) is 4.79 Å². The molecule has 6 heteroatoms. The topological polar surface area (TPSA) is 72.5 Å². The average Bonchev–Trinajstić information content (AvgIpc) is 3.15. The molecular formula is C19H23N3O3. The van der Waals surface area contributed by atoms with E-state index in [0.29, 0.717) is 23.2 Å². The lowest BCUT2D eigenvalue weighted by Crippen LogP contribution is -2.33. The smallest absolute Gasteiger partial charge is 0.270 e. The van der Waals surface area contributed by atoms with Gasteiger partial charge in [-0.1, -0.05) is 12.8 Å². The zero-order valence-corrected chi connectivity index (χ0v) is 14.5. The van der Waals surface area contributed by atoms with E-state index >= 15 is 0 Å². The van der Waals surface area contributed by atoms with E-state index in [1.165, 1.54) is 12.8 Å². The molecule has 1 heterocycles. The molecule has 25 heavy (non-hydrogen) atoms. The number of amides is 1. The molecule has 1 aromatic carbocycles. The standard InChI is InChI=1S/C19H23N3O3/c1-24-17-10-8-14(11-18(17)25-2)21-15-7-9-16(20-12-15)19(23)22-13-5-3-4-6-13/h7-13,21H,3-6H2,1-2H3,(H,22,23). The van der Waals surface area contributed by atoms with Gasteiger partial charge < -0.3 is 20.1 Å². The molecule has 1 fully saturated rings. The number of carbonyl (C=O) groups is 1. The third-order valence-electron chi connectivity index (χ3n) is 4.36. The minimum atomic E-state index is -0.107. The van der Waals surface area contributed by atoms with Crippen LogP contribution in [0.2, 0.25) is 0 Å². The highest BCUT2D eigenvalue weighted by Gasteiger charge is 2.18. The average molecular weight is 341 g/mol. The van der Waals surface area contributed by atoms with E-state index in [1.807, 2.05) is 24.3 Å². The summed E-state index contributed by atoms with van der Waals surface area (Å²) < 4.78 is 10.5. The Morgan fingerprint density at radius 3 is 2.40 bits per heavy atom. The summed E-state index contributed by atoms with van der Waals surface area (Å²) in [6, 6.07) is 9.43. The Kier molecular flexibility index (Phi) is 5.38. The molecule has 1 aromatic heterocycles. The van der Waals surface area contributed by atoms with Crippen LogP contribution in [0.4, 0.5) is 11.4 Å². The molecule has 0 atom stereocenters. The van der Waals surface area contributed by atoms with Crippen LogP contribution in [0.1, 0.15) is 36.2 Å². The first kappa shape index (κ1) is 17.1. The van der Waals surface area contributed by atoms with Crippen molar-refractivity contribution in [2.45, 2.75) is 31.7 Å². The van der Waals surface area contributed by atoms with E-state index in [9.17, 15) is 4.79 Å². The van der Waals surface area contributed by atoms with Crippen LogP contribution in [0, 0.1) is 0 Å². The summed E-state index contributed by atoms with van der Waals surface area (Å²) in [5.74, 6) is 1.21. The summed E-state index contributed by atoms with van der Waals surface area (Å²) in [6.07, 6.45) is 6.15. The zero-order chi connectivity index (χ0) is 17.6. The Morgan fingerprint density at radius 2 is 1.76 bits per heavy atom. The number of hydrogen-bond donors (Lipinski definition) is 2. The Balaban J connectivity index is 1.65. The molecule has 0 unspecified atom stereocenters. The van der Waals surface area contributed by atoms with Gasteiger partial charge in [0.1, 0.15) is 5.69 Å². The number of hydrogen-bond acceptors (Lipinski definition) is 5. The van der Waals surface area contributed by atoms with Crippen LogP contribution in [0.25, 0.3) is 0 Å². The first-order valence-corrected chi connectivity index (χ1v) is 8.45. The fraction of sp³-hybridized carbons (Fsp3) is 0.368. The second-order valence-corrected chi connectivity index (χ2v) is 6.08. The van der Waals surface area contributed by atoms with Gasteiger partial charge >= 0.3 is 0 Å². The van der Waals surface area contributed by atoms with E-state index in [2.05, 4.69) is 15.6 Å². The summed E-state index contributed by atoms with van der Waals surface area (Å²) >= 11 is 0. The number of aromatic nitrogens is 1. The van der Waals surface area contributed by atoms with Crippen molar-refractivity contribution in [3.63, 3.8) is 0 Å². The highest BCUT2D eigenvalue weighted by molar-refractivity contribution is 5.92. The molecule has 0 saturated heterocycles. The van der Waals surface area contributed by atoms with Gasteiger partial charge in [-0.2, -0.15) is 0 Å². The lowest BCUT2D eigenvalue weighted by atomic mass is 10.2. The first-order valence-electron chi connectivity index (χ1n) is 8.45. The number of ether oxygens (including phenoxy) is 2. The molecule has 0 radical (unpaired) electrons. The van der Waals surface area contributed by atoms with Crippen LogP contribution >= 0.6 is 0 Å². The van der Waals surface area contributed by atoms with Crippen molar-refractivity contribution in [3.8, 4) is 11.5 Å². The quantitative estimate of drug-likeness (QED) is 0.841. The Hall–Kier alpha value is -2.76. The Bertz CT molecular complexity index is 725. The lowest BCUT2D eigenvalue weighted by molar-refractivity contribution is 0.0933. The van der Waals surface area contributed by atoms with Crippen LogP contribution in [0.5, 0.6) is 11.5 Å². The molecule has 1 aliphatic rings. The number of anilines is 2. The van der Waals surface area contributed by atoms with Crippen LogP contribution in [-0.4, -0.2) is 31.2 Å². The van der Waals surface area contributed by atoms with Gasteiger partial charge in [0, 0.05) is 17.8 Å². The van der Waals surface area contributed by atoms with Gasteiger partial charge in [0.15, 0.2) is 11.5 Å². The maximum atomic E-state index is 12.2. The fourth-order valence-electron chi connectivity index (χ4n) is 3.01. The SMILES string of the molecule is COc1ccc(Nc2ccc(C(=O)NC3CCCC3)nc2)cc1OC. The summed E-state index contributed by atoms with van der Waals surface area (Å²) in [5.41, 5.74) is 2.08. The molecule has 2 N–H and O–H groups in total. The van der Waals surface area contributed by atoms with Crippen molar-refractivity contribution < 1.29 is 14.3 Å². The monoisotopic (exact) mass is 341 g/mol. The van der Waals surface area contributed by atoms with Crippen LogP contribution in [0.3, 0.4) is 0 Å². The van der Waals surface area contributed by atoms with E-state index in [0.717, 1.165) is 24.2 Å². The number of pyridine rings is 1. The molecule has 0 spiro atoms. The molecule has 1 saturated carbocycles. The van der Waals surface area contributed by atoms with Crippen LogP contribution in [-0.2, 0) is 0 Å². The molecule has 6 nitrogen and oxygen atoms in total. The molecular weight excluding hydrogens is 318 g/mol. The highest BCUT2D eigenvalue weighted by Crippen LogP contribution is 2.31. The van der Waals surface area contributed by atoms with Crippen molar-refractivity contribution in [2.24, 2.45) is 0 Å². The zero-order valence-electron chi connectivity index (χ0n) is 14.5. The van der Waals surface area contributed by atoms with E-state index < -0.39 is 0 Å². The summed E-state index contributed by atoms with van der Waals surface area (Å²) in [4.78, 5) is 16.5. The third-order valence-corrected chi connectivity index (χ3v) is 4.36. The van der Waals surface area contributed by atoms with Crippen LogP contribution in [0.15, 0.2) is 36.5 Å². The molecule has 0 aliphatic heterocycles. The fourth-order valence-corrected chi connectivity index (χ4v) is 3.01. The van der Waals surface area contributed by atoms with Crippen molar-refractivity contribution in [2.75, 3.05) is 19.5 Å². The van der Waals surface area contributed by atoms with Crippen molar-refractivity contribution in [1.29, 1.82) is 0 Å². The van der Waals surface area contributed by atoms with Gasteiger partial charge in [-0.25, -0.2) is 4.98 Å². The largest absolute Gasteiger partial charge is 0.493 e. The Morgan fingerprint density at radius 1 is 1.04 bits per heavy atom. The van der Waals surface area contributed by atoms with E-state index in [-0.39, 0.29) is 5.91 Å². The van der Waals surface area contributed by atoms with Gasteiger partial charge in [0.25, 0.3) is 5.91 Å². The van der Waals surface area contributed by atoms with E-state index in [4.69, 9.17) is 9.47 Å². The second kappa shape index (κ2) is 7.88. The minimum Gasteiger partial charge on any atom is -0.493 e. The summed E-state index contributed by atoms with van der Waals surface area (Å²) in [6.45, 7) is 0. The molecule has 0 bridgehead atoms. The summed E-state index contributed by atoms with van der Waals surface area (Å²) in [5, 5.41) is 6.28. The number of nitrogens with one attached hydrogen (secondary N) is 2. The molecule has 1 aliphatic carbocycles. The molecule has 2 aromatic rings.